The molecule has 1 aromatic rings. The SMILES string of the molecule is CCCCCCCCCOC(=O)C(NC(=O)c1ccc(C(F)(F)F)c(F)c1)C(C)C. The maximum absolute atomic E-state index is 13.7. The van der Waals surface area contributed by atoms with Crippen LogP contribution < -0.4 is 5.32 Å². The van der Waals surface area contributed by atoms with E-state index in [-0.39, 0.29) is 18.1 Å². The first-order chi connectivity index (χ1) is 14.1. The van der Waals surface area contributed by atoms with Gasteiger partial charge in [0.1, 0.15) is 11.9 Å². The van der Waals surface area contributed by atoms with E-state index in [1.807, 2.05) is 0 Å². The molecule has 0 aromatic heterocycles. The predicted molar refractivity (Wildman–Crippen MR) is 106 cm³/mol. The van der Waals surface area contributed by atoms with Gasteiger partial charge in [0.05, 0.1) is 12.2 Å². The molecule has 1 unspecified atom stereocenters. The molecule has 0 heterocycles. The quantitative estimate of drug-likeness (QED) is 0.254. The molecule has 1 amide bonds. The summed E-state index contributed by atoms with van der Waals surface area (Å²) >= 11 is 0. The van der Waals surface area contributed by atoms with Gasteiger partial charge in [-0.2, -0.15) is 13.2 Å². The van der Waals surface area contributed by atoms with Gasteiger partial charge in [0, 0.05) is 5.56 Å². The van der Waals surface area contributed by atoms with Crippen LogP contribution in [0.4, 0.5) is 17.6 Å². The van der Waals surface area contributed by atoms with Crippen LogP contribution in [-0.2, 0) is 15.7 Å². The van der Waals surface area contributed by atoms with Crippen LogP contribution in [0.2, 0.25) is 0 Å². The second kappa shape index (κ2) is 12.5. The number of esters is 1. The van der Waals surface area contributed by atoms with Crippen molar-refractivity contribution in [2.75, 3.05) is 6.61 Å². The molecule has 1 aromatic carbocycles. The zero-order valence-electron chi connectivity index (χ0n) is 17.8. The van der Waals surface area contributed by atoms with Gasteiger partial charge in [-0.3, -0.25) is 4.79 Å². The van der Waals surface area contributed by atoms with E-state index in [1.165, 1.54) is 19.3 Å². The topological polar surface area (TPSA) is 55.4 Å². The van der Waals surface area contributed by atoms with Crippen LogP contribution in [0.3, 0.4) is 0 Å². The van der Waals surface area contributed by atoms with Crippen LogP contribution >= 0.6 is 0 Å². The molecule has 30 heavy (non-hydrogen) atoms. The standard InChI is InChI=1S/C22H31F4NO3/c1-4-5-6-7-8-9-10-13-30-21(29)19(15(2)3)27-20(28)16-11-12-17(18(23)14-16)22(24,25)26/h11-12,14-15,19H,4-10,13H2,1-3H3,(H,27,28). The van der Waals surface area contributed by atoms with Crippen molar-refractivity contribution in [2.45, 2.75) is 77.9 Å². The van der Waals surface area contributed by atoms with E-state index in [0.717, 1.165) is 31.7 Å². The van der Waals surface area contributed by atoms with Crippen molar-refractivity contribution in [2.24, 2.45) is 5.92 Å². The summed E-state index contributed by atoms with van der Waals surface area (Å²) in [5, 5.41) is 2.43. The summed E-state index contributed by atoms with van der Waals surface area (Å²) in [5.41, 5.74) is -1.75. The third-order valence-electron chi connectivity index (χ3n) is 4.74. The lowest BCUT2D eigenvalue weighted by Crippen LogP contribution is -2.45. The fraction of sp³-hybridized carbons (Fsp3) is 0.636. The highest BCUT2D eigenvalue weighted by Crippen LogP contribution is 2.31. The normalized spacial score (nSPS) is 12.7. The van der Waals surface area contributed by atoms with Crippen LogP contribution in [0, 0.1) is 11.7 Å². The Morgan fingerprint density at radius 3 is 2.17 bits per heavy atom. The number of benzene rings is 1. The molecule has 0 aliphatic carbocycles. The molecule has 1 rings (SSSR count). The van der Waals surface area contributed by atoms with Gasteiger partial charge < -0.3 is 10.1 Å². The molecule has 0 fully saturated rings. The summed E-state index contributed by atoms with van der Waals surface area (Å²) < 4.78 is 56.9. The number of amides is 1. The third kappa shape index (κ3) is 8.71. The first-order valence-electron chi connectivity index (χ1n) is 10.4. The van der Waals surface area contributed by atoms with Gasteiger partial charge in [-0.25, -0.2) is 9.18 Å². The van der Waals surface area contributed by atoms with Crippen LogP contribution in [0.25, 0.3) is 0 Å². The molecule has 0 aliphatic heterocycles. The average Bonchev–Trinajstić information content (AvgIpc) is 2.66. The molecule has 8 heteroatoms. The molecule has 0 radical (unpaired) electrons. The second-order valence-electron chi connectivity index (χ2n) is 7.68. The van der Waals surface area contributed by atoms with Crippen molar-refractivity contribution in [1.82, 2.24) is 5.32 Å². The summed E-state index contributed by atoms with van der Waals surface area (Å²) in [5.74, 6) is -3.31. The third-order valence-corrected chi connectivity index (χ3v) is 4.74. The zero-order chi connectivity index (χ0) is 22.7. The summed E-state index contributed by atoms with van der Waals surface area (Å²) in [4.78, 5) is 24.6. The lowest BCUT2D eigenvalue weighted by Gasteiger charge is -2.21. The van der Waals surface area contributed by atoms with Crippen LogP contribution in [0.15, 0.2) is 18.2 Å². The summed E-state index contributed by atoms with van der Waals surface area (Å²) in [6, 6.07) is 0.919. The number of unbranched alkanes of at least 4 members (excludes halogenated alkanes) is 6. The summed E-state index contributed by atoms with van der Waals surface area (Å²) in [6.45, 7) is 5.79. The minimum atomic E-state index is -4.85. The number of hydrogen-bond acceptors (Lipinski definition) is 3. The largest absolute Gasteiger partial charge is 0.464 e. The van der Waals surface area contributed by atoms with Crippen LogP contribution in [-0.4, -0.2) is 24.5 Å². The average molecular weight is 433 g/mol. The highest BCUT2D eigenvalue weighted by Gasteiger charge is 2.34. The number of rotatable bonds is 12. The van der Waals surface area contributed by atoms with E-state index >= 15 is 0 Å². The molecular formula is C22H31F4NO3. The molecule has 4 nitrogen and oxygen atoms in total. The number of hydrogen-bond donors (Lipinski definition) is 1. The Labute approximate surface area is 175 Å². The van der Waals surface area contributed by atoms with E-state index in [9.17, 15) is 27.2 Å². The van der Waals surface area contributed by atoms with E-state index in [2.05, 4.69) is 12.2 Å². The van der Waals surface area contributed by atoms with Gasteiger partial charge in [-0.15, -0.1) is 0 Å². The molecule has 0 saturated heterocycles. The number of alkyl halides is 3. The number of ether oxygens (including phenoxy) is 1. The molecule has 0 spiro atoms. The number of halogens is 4. The van der Waals surface area contributed by atoms with Crippen molar-refractivity contribution in [3.05, 3.63) is 35.1 Å². The highest BCUT2D eigenvalue weighted by atomic mass is 19.4. The van der Waals surface area contributed by atoms with Crippen molar-refractivity contribution >= 4 is 11.9 Å². The van der Waals surface area contributed by atoms with E-state index in [4.69, 9.17) is 4.74 Å². The molecule has 1 N–H and O–H groups in total. The van der Waals surface area contributed by atoms with E-state index < -0.39 is 35.5 Å². The number of carbonyl (C=O) groups excluding carboxylic acids is 2. The van der Waals surface area contributed by atoms with E-state index in [1.54, 1.807) is 13.8 Å². The zero-order valence-corrected chi connectivity index (χ0v) is 17.8. The minimum absolute atomic E-state index is 0.237. The lowest BCUT2D eigenvalue weighted by molar-refractivity contribution is -0.147. The van der Waals surface area contributed by atoms with Crippen molar-refractivity contribution in [1.29, 1.82) is 0 Å². The molecule has 1 atom stereocenters. The molecule has 170 valence electrons. The monoisotopic (exact) mass is 433 g/mol. The van der Waals surface area contributed by atoms with Crippen molar-refractivity contribution in [3.8, 4) is 0 Å². The van der Waals surface area contributed by atoms with Crippen molar-refractivity contribution in [3.63, 3.8) is 0 Å². The van der Waals surface area contributed by atoms with Gasteiger partial charge in [-0.1, -0.05) is 59.3 Å². The van der Waals surface area contributed by atoms with Crippen molar-refractivity contribution < 1.29 is 31.9 Å². The number of carbonyl (C=O) groups is 2. The predicted octanol–water partition coefficient (Wildman–Crippen LogP) is 5.89. The highest BCUT2D eigenvalue weighted by molar-refractivity contribution is 5.96. The maximum atomic E-state index is 13.7. The summed E-state index contributed by atoms with van der Waals surface area (Å²) in [6.07, 6.45) is 2.63. The number of nitrogens with one attached hydrogen (secondary N) is 1. The summed E-state index contributed by atoms with van der Waals surface area (Å²) in [7, 11) is 0. The second-order valence-corrected chi connectivity index (χ2v) is 7.68. The Balaban J connectivity index is 2.57. The van der Waals surface area contributed by atoms with Crippen LogP contribution in [0.5, 0.6) is 0 Å². The Morgan fingerprint density at radius 2 is 1.63 bits per heavy atom. The van der Waals surface area contributed by atoms with Gasteiger partial charge in [0.2, 0.25) is 0 Å². The fourth-order valence-electron chi connectivity index (χ4n) is 2.93. The Hall–Kier alpha value is -2.12. The van der Waals surface area contributed by atoms with Gasteiger partial charge in [0.25, 0.3) is 5.91 Å². The van der Waals surface area contributed by atoms with Gasteiger partial charge in [-0.05, 0) is 30.5 Å². The minimum Gasteiger partial charge on any atom is -0.464 e. The van der Waals surface area contributed by atoms with E-state index in [0.29, 0.717) is 12.1 Å². The molecule has 0 saturated carbocycles. The smallest absolute Gasteiger partial charge is 0.419 e. The lowest BCUT2D eigenvalue weighted by atomic mass is 10.0. The first-order valence-corrected chi connectivity index (χ1v) is 10.4. The Kier molecular flexibility index (Phi) is 10.8. The Bertz CT molecular complexity index is 689. The maximum Gasteiger partial charge on any atom is 0.419 e. The van der Waals surface area contributed by atoms with Crippen LogP contribution in [0.1, 0.15) is 81.6 Å². The fourth-order valence-corrected chi connectivity index (χ4v) is 2.93. The molecule has 0 bridgehead atoms. The van der Waals surface area contributed by atoms with Gasteiger partial charge >= 0.3 is 12.1 Å². The van der Waals surface area contributed by atoms with Gasteiger partial charge in [0.15, 0.2) is 0 Å². The molecule has 0 aliphatic rings. The Morgan fingerprint density at radius 1 is 1.03 bits per heavy atom. The first kappa shape index (κ1) is 25.9. The molecular weight excluding hydrogens is 402 g/mol.